The minimum absolute atomic E-state index is 0.200. The number of nitrogens with two attached hydrogens (primary N) is 1. The molecule has 0 fully saturated rings. The number of rotatable bonds is 6. The third-order valence-corrected chi connectivity index (χ3v) is 2.88. The lowest BCUT2D eigenvalue weighted by atomic mass is 9.96. The van der Waals surface area contributed by atoms with Crippen LogP contribution in [0.3, 0.4) is 0 Å². The van der Waals surface area contributed by atoms with Gasteiger partial charge < -0.3 is 5.73 Å². The van der Waals surface area contributed by atoms with E-state index < -0.39 is 0 Å². The molecular weight excluding hydrogens is 198 g/mol. The summed E-state index contributed by atoms with van der Waals surface area (Å²) in [7, 11) is 0. The quantitative estimate of drug-likeness (QED) is 0.746. The normalized spacial score (nSPS) is 12.4. The van der Waals surface area contributed by atoms with Crippen molar-refractivity contribution in [3.8, 4) is 0 Å². The molecule has 1 unspecified atom stereocenters. The van der Waals surface area contributed by atoms with Crippen LogP contribution in [0.4, 0.5) is 5.69 Å². The van der Waals surface area contributed by atoms with Gasteiger partial charge in [0.1, 0.15) is 5.78 Å². The highest BCUT2D eigenvalue weighted by Gasteiger charge is 2.11. The van der Waals surface area contributed by atoms with E-state index in [4.69, 9.17) is 5.73 Å². The number of aryl methyl sites for hydroxylation is 1. The van der Waals surface area contributed by atoms with Gasteiger partial charge in [-0.1, -0.05) is 32.4 Å². The average Bonchev–Trinajstić information content (AvgIpc) is 2.26. The molecule has 0 aliphatic rings. The summed E-state index contributed by atoms with van der Waals surface area (Å²) in [6.45, 7) is 4.13. The van der Waals surface area contributed by atoms with Crippen molar-refractivity contribution in [1.29, 1.82) is 0 Å². The number of carbonyl (C=O) groups excluding carboxylic acids is 1. The van der Waals surface area contributed by atoms with Crippen LogP contribution in [0.5, 0.6) is 0 Å². The molecule has 0 saturated carbocycles. The third kappa shape index (κ3) is 4.05. The Labute approximate surface area is 97.9 Å². The van der Waals surface area contributed by atoms with Gasteiger partial charge in [0.25, 0.3) is 0 Å². The highest BCUT2D eigenvalue weighted by Crippen LogP contribution is 2.13. The lowest BCUT2D eigenvalue weighted by molar-refractivity contribution is -0.122. The summed E-state index contributed by atoms with van der Waals surface area (Å²) in [5.41, 5.74) is 7.61. The smallest absolute Gasteiger partial charge is 0.136 e. The van der Waals surface area contributed by atoms with Gasteiger partial charge >= 0.3 is 0 Å². The Morgan fingerprint density at radius 1 is 1.44 bits per heavy atom. The van der Waals surface area contributed by atoms with Crippen LogP contribution in [-0.2, 0) is 11.2 Å². The van der Waals surface area contributed by atoms with Gasteiger partial charge in [0.15, 0.2) is 0 Å². The van der Waals surface area contributed by atoms with Crippen molar-refractivity contribution in [3.63, 3.8) is 0 Å². The molecular formula is C14H21NO. The van der Waals surface area contributed by atoms with Gasteiger partial charge in [-0.2, -0.15) is 0 Å². The van der Waals surface area contributed by atoms with Crippen LogP contribution in [0, 0.1) is 5.92 Å². The molecule has 1 atom stereocenters. The molecule has 2 heteroatoms. The van der Waals surface area contributed by atoms with Crippen LogP contribution in [0.1, 0.15) is 38.7 Å². The zero-order valence-corrected chi connectivity index (χ0v) is 10.2. The molecule has 0 heterocycles. The molecule has 2 nitrogen and oxygen atoms in total. The zero-order chi connectivity index (χ0) is 12.0. The van der Waals surface area contributed by atoms with E-state index in [9.17, 15) is 4.79 Å². The molecule has 0 saturated heterocycles. The van der Waals surface area contributed by atoms with Crippen LogP contribution < -0.4 is 5.73 Å². The van der Waals surface area contributed by atoms with Crippen molar-refractivity contribution in [2.75, 3.05) is 5.73 Å². The van der Waals surface area contributed by atoms with Gasteiger partial charge in [0.05, 0.1) is 0 Å². The van der Waals surface area contributed by atoms with E-state index in [1.807, 2.05) is 31.2 Å². The minimum atomic E-state index is 0.200. The third-order valence-electron chi connectivity index (χ3n) is 2.88. The zero-order valence-electron chi connectivity index (χ0n) is 10.2. The fourth-order valence-electron chi connectivity index (χ4n) is 1.86. The summed E-state index contributed by atoms with van der Waals surface area (Å²) in [5, 5.41) is 0. The second-order valence-electron chi connectivity index (χ2n) is 4.40. The van der Waals surface area contributed by atoms with E-state index in [1.165, 1.54) is 0 Å². The van der Waals surface area contributed by atoms with E-state index in [-0.39, 0.29) is 5.92 Å². The van der Waals surface area contributed by atoms with Gasteiger partial charge in [-0.05, 0) is 30.5 Å². The maximum atomic E-state index is 11.8. The Morgan fingerprint density at radius 2 is 2.19 bits per heavy atom. The van der Waals surface area contributed by atoms with E-state index in [0.29, 0.717) is 12.2 Å². The van der Waals surface area contributed by atoms with Crippen LogP contribution in [0.2, 0.25) is 0 Å². The summed E-state index contributed by atoms with van der Waals surface area (Å²) >= 11 is 0. The first kappa shape index (κ1) is 12.8. The van der Waals surface area contributed by atoms with Crippen molar-refractivity contribution in [2.24, 2.45) is 5.92 Å². The second kappa shape index (κ2) is 6.31. The molecule has 1 aromatic rings. The molecule has 1 aromatic carbocycles. The Kier molecular flexibility index (Phi) is 5.03. The van der Waals surface area contributed by atoms with Gasteiger partial charge in [-0.25, -0.2) is 0 Å². The first-order valence-corrected chi connectivity index (χ1v) is 6.00. The lowest BCUT2D eigenvalue weighted by Gasteiger charge is -2.08. The topological polar surface area (TPSA) is 43.1 Å². The summed E-state index contributed by atoms with van der Waals surface area (Å²) in [5.74, 6) is 0.565. The summed E-state index contributed by atoms with van der Waals surface area (Å²) < 4.78 is 0. The second-order valence-corrected chi connectivity index (χ2v) is 4.40. The van der Waals surface area contributed by atoms with E-state index in [0.717, 1.165) is 30.5 Å². The van der Waals surface area contributed by atoms with Gasteiger partial charge in [-0.3, -0.25) is 4.79 Å². The van der Waals surface area contributed by atoms with Crippen molar-refractivity contribution < 1.29 is 4.79 Å². The van der Waals surface area contributed by atoms with Crippen molar-refractivity contribution >= 4 is 11.5 Å². The molecule has 0 aliphatic heterocycles. The molecule has 0 spiro atoms. The molecule has 88 valence electrons. The summed E-state index contributed by atoms with van der Waals surface area (Å²) in [4.78, 5) is 11.8. The first-order valence-electron chi connectivity index (χ1n) is 6.00. The number of ketones is 1. The highest BCUT2D eigenvalue weighted by molar-refractivity contribution is 5.80. The maximum absolute atomic E-state index is 11.8. The van der Waals surface area contributed by atoms with Crippen LogP contribution in [-0.4, -0.2) is 5.78 Å². The Balaban J connectivity index is 2.42. The van der Waals surface area contributed by atoms with Gasteiger partial charge in [0, 0.05) is 18.0 Å². The molecule has 0 amide bonds. The predicted octanol–water partition coefficient (Wildman–Crippen LogP) is 3.21. The molecule has 2 N–H and O–H groups in total. The number of hydrogen-bond acceptors (Lipinski definition) is 2. The standard InChI is InChI=1S/C14H21NO/c1-3-5-11(2)14(16)9-8-12-6-4-7-13(15)10-12/h4,6-7,10-11H,3,5,8-9,15H2,1-2H3. The molecule has 0 aliphatic carbocycles. The first-order chi connectivity index (χ1) is 7.63. The molecule has 0 radical (unpaired) electrons. The van der Waals surface area contributed by atoms with Gasteiger partial charge in [-0.15, -0.1) is 0 Å². The average molecular weight is 219 g/mol. The highest BCUT2D eigenvalue weighted by atomic mass is 16.1. The number of carbonyl (C=O) groups is 1. The van der Waals surface area contributed by atoms with E-state index in [1.54, 1.807) is 0 Å². The predicted molar refractivity (Wildman–Crippen MR) is 68.3 cm³/mol. The molecule has 0 bridgehead atoms. The lowest BCUT2D eigenvalue weighted by Crippen LogP contribution is -2.11. The van der Waals surface area contributed by atoms with E-state index in [2.05, 4.69) is 6.92 Å². The van der Waals surface area contributed by atoms with Gasteiger partial charge in [0.2, 0.25) is 0 Å². The summed E-state index contributed by atoms with van der Waals surface area (Å²) in [6, 6.07) is 7.77. The number of nitrogen functional groups attached to an aromatic ring is 1. The minimum Gasteiger partial charge on any atom is -0.399 e. The number of hydrogen-bond donors (Lipinski definition) is 1. The molecule has 1 rings (SSSR count). The number of benzene rings is 1. The monoisotopic (exact) mass is 219 g/mol. The SMILES string of the molecule is CCCC(C)C(=O)CCc1cccc(N)c1. The fourth-order valence-corrected chi connectivity index (χ4v) is 1.86. The Hall–Kier alpha value is -1.31. The van der Waals surface area contributed by atoms with E-state index >= 15 is 0 Å². The van der Waals surface area contributed by atoms with Crippen molar-refractivity contribution in [2.45, 2.75) is 39.5 Å². The van der Waals surface area contributed by atoms with Crippen LogP contribution >= 0.6 is 0 Å². The molecule has 16 heavy (non-hydrogen) atoms. The maximum Gasteiger partial charge on any atom is 0.136 e. The van der Waals surface area contributed by atoms with Crippen LogP contribution in [0.25, 0.3) is 0 Å². The van der Waals surface area contributed by atoms with Crippen LogP contribution in [0.15, 0.2) is 24.3 Å². The Morgan fingerprint density at radius 3 is 2.81 bits per heavy atom. The summed E-state index contributed by atoms with van der Waals surface area (Å²) in [6.07, 6.45) is 3.50. The number of Topliss-reactive ketones (excluding diaryl/α,β-unsaturated/α-hetero) is 1. The van der Waals surface area contributed by atoms with Crippen molar-refractivity contribution in [1.82, 2.24) is 0 Å². The fraction of sp³-hybridized carbons (Fsp3) is 0.500. The number of anilines is 1. The molecule has 0 aromatic heterocycles. The Bertz CT molecular complexity index is 346. The largest absolute Gasteiger partial charge is 0.399 e. The van der Waals surface area contributed by atoms with Crippen molar-refractivity contribution in [3.05, 3.63) is 29.8 Å².